The molecule has 0 atom stereocenters. The van der Waals surface area contributed by atoms with Crippen molar-refractivity contribution < 1.29 is 8.83 Å². The van der Waals surface area contributed by atoms with E-state index in [9.17, 15) is 0 Å². The average Bonchev–Trinajstić information content (AvgIpc) is 3.74. The number of para-hydroxylation sites is 3. The normalized spacial score (nSPS) is 11.8. The van der Waals surface area contributed by atoms with Crippen molar-refractivity contribution in [2.75, 3.05) is 0 Å². The smallest absolute Gasteiger partial charge is 0.167 e. The second-order valence-corrected chi connectivity index (χ2v) is 12.0. The standard InChI is InChI=1S/C43H25N3O2/c1-2-12-27(13-3-1)41-44-42(46-43(45-41)35-18-10-17-32-31-15-6-8-19-36(31)47-39(32)35)34-24-23-30(29-22-21-26-11-4-5-14-28(26)25-29)40-38(34)33-16-7-9-20-37(33)48-40/h1-25H. The highest BCUT2D eigenvalue weighted by molar-refractivity contribution is 6.16. The van der Waals surface area contributed by atoms with E-state index in [4.69, 9.17) is 23.8 Å². The lowest BCUT2D eigenvalue weighted by Gasteiger charge is -2.11. The molecule has 3 heterocycles. The minimum atomic E-state index is 0.545. The Bertz CT molecular complexity index is 2850. The predicted octanol–water partition coefficient (Wildman–Crippen LogP) is 11.5. The van der Waals surface area contributed by atoms with Gasteiger partial charge in [-0.05, 0) is 52.7 Å². The van der Waals surface area contributed by atoms with E-state index in [1.807, 2.05) is 78.9 Å². The molecule has 0 aliphatic carbocycles. The van der Waals surface area contributed by atoms with Crippen molar-refractivity contribution in [2.45, 2.75) is 0 Å². The molecule has 48 heavy (non-hydrogen) atoms. The van der Waals surface area contributed by atoms with Crippen LogP contribution < -0.4 is 0 Å². The summed E-state index contributed by atoms with van der Waals surface area (Å²) in [7, 11) is 0. The molecule has 0 radical (unpaired) electrons. The SMILES string of the molecule is c1ccc(-c2nc(-c3cccc4c3oc3ccccc34)nc(-c3ccc(-c4ccc5ccccc5c4)c4oc5ccccc5c34)n2)cc1. The summed E-state index contributed by atoms with van der Waals surface area (Å²) < 4.78 is 13.1. The molecule has 5 nitrogen and oxygen atoms in total. The lowest BCUT2D eigenvalue weighted by molar-refractivity contribution is 0.669. The molecule has 0 aliphatic heterocycles. The van der Waals surface area contributed by atoms with Gasteiger partial charge in [0.2, 0.25) is 0 Å². The minimum absolute atomic E-state index is 0.545. The van der Waals surface area contributed by atoms with Gasteiger partial charge in [0, 0.05) is 38.2 Å². The third-order valence-electron chi connectivity index (χ3n) is 9.14. The van der Waals surface area contributed by atoms with E-state index in [1.54, 1.807) is 0 Å². The summed E-state index contributed by atoms with van der Waals surface area (Å²) in [6.07, 6.45) is 0. The van der Waals surface area contributed by atoms with Crippen molar-refractivity contribution >= 4 is 54.6 Å². The highest BCUT2D eigenvalue weighted by Gasteiger charge is 2.22. The van der Waals surface area contributed by atoms with Gasteiger partial charge in [0.25, 0.3) is 0 Å². The van der Waals surface area contributed by atoms with Gasteiger partial charge in [-0.25, -0.2) is 15.0 Å². The number of rotatable bonds is 4. The van der Waals surface area contributed by atoms with Crippen LogP contribution in [0.1, 0.15) is 0 Å². The van der Waals surface area contributed by atoms with E-state index in [0.29, 0.717) is 17.5 Å². The highest BCUT2D eigenvalue weighted by atomic mass is 16.3. The van der Waals surface area contributed by atoms with E-state index in [0.717, 1.165) is 71.7 Å². The zero-order valence-corrected chi connectivity index (χ0v) is 25.6. The first-order valence-corrected chi connectivity index (χ1v) is 15.9. The number of furan rings is 2. The maximum atomic E-state index is 6.65. The van der Waals surface area contributed by atoms with Crippen molar-refractivity contribution in [3.8, 4) is 45.3 Å². The molecule has 0 unspecified atom stereocenters. The molecule has 224 valence electrons. The van der Waals surface area contributed by atoms with Crippen LogP contribution in [0.25, 0.3) is 99.9 Å². The largest absolute Gasteiger partial charge is 0.455 e. The van der Waals surface area contributed by atoms with Crippen molar-refractivity contribution in [2.24, 2.45) is 0 Å². The van der Waals surface area contributed by atoms with Gasteiger partial charge in [-0.2, -0.15) is 0 Å². The fraction of sp³-hybridized carbons (Fsp3) is 0. The monoisotopic (exact) mass is 615 g/mol. The van der Waals surface area contributed by atoms with Gasteiger partial charge in [-0.1, -0.05) is 115 Å². The van der Waals surface area contributed by atoms with Gasteiger partial charge in [0.05, 0.1) is 5.56 Å². The van der Waals surface area contributed by atoms with Crippen LogP contribution in [0.3, 0.4) is 0 Å². The van der Waals surface area contributed by atoms with Gasteiger partial charge in [-0.3, -0.25) is 0 Å². The van der Waals surface area contributed by atoms with Crippen LogP contribution in [0.15, 0.2) is 160 Å². The highest BCUT2D eigenvalue weighted by Crippen LogP contribution is 2.42. The van der Waals surface area contributed by atoms with E-state index < -0.39 is 0 Å². The maximum absolute atomic E-state index is 6.65. The molecule has 0 saturated carbocycles. The predicted molar refractivity (Wildman–Crippen MR) is 194 cm³/mol. The second kappa shape index (κ2) is 10.5. The fourth-order valence-electron chi connectivity index (χ4n) is 6.86. The molecule has 3 aromatic heterocycles. The molecular formula is C43H25N3O2. The first-order chi connectivity index (χ1) is 23.8. The Hall–Kier alpha value is -6.59. The van der Waals surface area contributed by atoms with Crippen LogP contribution in [0.5, 0.6) is 0 Å². The number of hydrogen-bond donors (Lipinski definition) is 0. The van der Waals surface area contributed by atoms with E-state index in [1.165, 1.54) is 10.8 Å². The summed E-state index contributed by atoms with van der Waals surface area (Å²) in [6.45, 7) is 0. The van der Waals surface area contributed by atoms with Crippen molar-refractivity contribution in [1.29, 1.82) is 0 Å². The van der Waals surface area contributed by atoms with Gasteiger partial charge in [-0.15, -0.1) is 0 Å². The zero-order chi connectivity index (χ0) is 31.6. The summed E-state index contributed by atoms with van der Waals surface area (Å²) in [5.41, 5.74) is 7.87. The lowest BCUT2D eigenvalue weighted by Crippen LogP contribution is -2.00. The molecule has 10 aromatic rings. The number of benzene rings is 7. The Labute approximate surface area is 274 Å². The number of nitrogens with zero attached hydrogens (tertiary/aromatic N) is 3. The number of aromatic nitrogens is 3. The summed E-state index contributed by atoms with van der Waals surface area (Å²) >= 11 is 0. The summed E-state index contributed by atoms with van der Waals surface area (Å²) in [6, 6.07) is 51.6. The van der Waals surface area contributed by atoms with E-state index in [2.05, 4.69) is 72.8 Å². The Morgan fingerprint density at radius 2 is 0.979 bits per heavy atom. The number of hydrogen-bond acceptors (Lipinski definition) is 5. The van der Waals surface area contributed by atoms with E-state index >= 15 is 0 Å². The topological polar surface area (TPSA) is 65.0 Å². The summed E-state index contributed by atoms with van der Waals surface area (Å²) in [5.74, 6) is 1.69. The first kappa shape index (κ1) is 26.6. The van der Waals surface area contributed by atoms with Crippen molar-refractivity contribution in [3.05, 3.63) is 152 Å². The van der Waals surface area contributed by atoms with Crippen LogP contribution in [0, 0.1) is 0 Å². The summed E-state index contributed by atoms with van der Waals surface area (Å²) in [5, 5.41) is 6.43. The minimum Gasteiger partial charge on any atom is -0.455 e. The molecule has 0 saturated heterocycles. The van der Waals surface area contributed by atoms with Crippen LogP contribution >= 0.6 is 0 Å². The molecule has 0 amide bonds. The Morgan fingerprint density at radius 3 is 1.83 bits per heavy atom. The second-order valence-electron chi connectivity index (χ2n) is 12.0. The van der Waals surface area contributed by atoms with Crippen molar-refractivity contribution in [1.82, 2.24) is 15.0 Å². The average molecular weight is 616 g/mol. The van der Waals surface area contributed by atoms with E-state index in [-0.39, 0.29) is 0 Å². The zero-order valence-electron chi connectivity index (χ0n) is 25.6. The Kier molecular flexibility index (Phi) is 5.81. The fourth-order valence-corrected chi connectivity index (χ4v) is 6.86. The molecule has 0 bridgehead atoms. The molecule has 0 aliphatic rings. The van der Waals surface area contributed by atoms with Gasteiger partial charge >= 0.3 is 0 Å². The van der Waals surface area contributed by atoms with Gasteiger partial charge in [0.15, 0.2) is 17.5 Å². The lowest BCUT2D eigenvalue weighted by atomic mass is 9.96. The van der Waals surface area contributed by atoms with Crippen LogP contribution in [0.4, 0.5) is 0 Å². The first-order valence-electron chi connectivity index (χ1n) is 15.9. The van der Waals surface area contributed by atoms with Crippen LogP contribution in [-0.2, 0) is 0 Å². The van der Waals surface area contributed by atoms with Gasteiger partial charge < -0.3 is 8.83 Å². The molecule has 0 spiro atoms. The molecular weight excluding hydrogens is 590 g/mol. The van der Waals surface area contributed by atoms with Crippen molar-refractivity contribution in [3.63, 3.8) is 0 Å². The molecule has 0 N–H and O–H groups in total. The quantitative estimate of drug-likeness (QED) is 0.197. The molecule has 7 aromatic carbocycles. The molecule has 0 fully saturated rings. The Balaban J connectivity index is 1.25. The van der Waals surface area contributed by atoms with Crippen LogP contribution in [0.2, 0.25) is 0 Å². The Morgan fingerprint density at radius 1 is 0.354 bits per heavy atom. The number of fused-ring (bicyclic) bond motifs is 7. The third-order valence-corrected chi connectivity index (χ3v) is 9.14. The van der Waals surface area contributed by atoms with Crippen LogP contribution in [-0.4, -0.2) is 15.0 Å². The summed E-state index contributed by atoms with van der Waals surface area (Å²) in [4.78, 5) is 15.3. The van der Waals surface area contributed by atoms with Gasteiger partial charge in [0.1, 0.15) is 22.3 Å². The maximum Gasteiger partial charge on any atom is 0.167 e. The molecule has 10 rings (SSSR count). The molecule has 5 heteroatoms. The third kappa shape index (κ3) is 4.15.